The van der Waals surface area contributed by atoms with Gasteiger partial charge in [-0.1, -0.05) is 30.3 Å². The standard InChI is InChI=1S/C11H18N2/c1-10(13(2)9-8-12)11-6-4-3-5-7-11/h3-7,10H,8-9,12H2,1-2H3. The van der Waals surface area contributed by atoms with Gasteiger partial charge in [0.1, 0.15) is 0 Å². The number of likely N-dealkylation sites (N-methyl/N-ethyl adjacent to an activating group) is 1. The molecule has 13 heavy (non-hydrogen) atoms. The summed E-state index contributed by atoms with van der Waals surface area (Å²) in [5, 5.41) is 0. The van der Waals surface area contributed by atoms with Gasteiger partial charge in [0.05, 0.1) is 0 Å². The number of benzene rings is 1. The summed E-state index contributed by atoms with van der Waals surface area (Å²) >= 11 is 0. The number of hydrogen-bond donors (Lipinski definition) is 1. The predicted molar refractivity (Wildman–Crippen MR) is 56.5 cm³/mol. The molecule has 2 N–H and O–H groups in total. The van der Waals surface area contributed by atoms with Crippen LogP contribution >= 0.6 is 0 Å². The molecule has 72 valence electrons. The largest absolute Gasteiger partial charge is 0.329 e. The number of rotatable bonds is 4. The summed E-state index contributed by atoms with van der Waals surface area (Å²) in [6, 6.07) is 10.9. The zero-order valence-electron chi connectivity index (χ0n) is 8.40. The Labute approximate surface area is 80.4 Å². The Morgan fingerprint density at radius 3 is 2.46 bits per heavy atom. The summed E-state index contributed by atoms with van der Waals surface area (Å²) in [6.07, 6.45) is 0. The van der Waals surface area contributed by atoms with Crippen molar-refractivity contribution in [2.45, 2.75) is 13.0 Å². The molecule has 0 amide bonds. The highest BCUT2D eigenvalue weighted by atomic mass is 15.1. The molecular formula is C11H18N2. The zero-order chi connectivity index (χ0) is 9.68. The van der Waals surface area contributed by atoms with Crippen molar-refractivity contribution in [3.05, 3.63) is 35.9 Å². The second-order valence-corrected chi connectivity index (χ2v) is 3.36. The van der Waals surface area contributed by atoms with E-state index < -0.39 is 0 Å². The van der Waals surface area contributed by atoms with Gasteiger partial charge in [0.2, 0.25) is 0 Å². The van der Waals surface area contributed by atoms with Crippen LogP contribution in [0.5, 0.6) is 0 Å². The SMILES string of the molecule is CC(c1ccccc1)N(C)CCN. The predicted octanol–water partition coefficient (Wildman–Crippen LogP) is 1.64. The molecule has 1 unspecified atom stereocenters. The molecule has 2 heteroatoms. The molecule has 0 aliphatic carbocycles. The van der Waals surface area contributed by atoms with Gasteiger partial charge in [-0.25, -0.2) is 0 Å². The fourth-order valence-corrected chi connectivity index (χ4v) is 1.38. The van der Waals surface area contributed by atoms with Gasteiger partial charge in [0.25, 0.3) is 0 Å². The van der Waals surface area contributed by atoms with Gasteiger partial charge in [-0.3, -0.25) is 4.90 Å². The third kappa shape index (κ3) is 2.83. The Balaban J connectivity index is 2.62. The lowest BCUT2D eigenvalue weighted by molar-refractivity contribution is 0.269. The van der Waals surface area contributed by atoms with Crippen molar-refractivity contribution >= 4 is 0 Å². The second-order valence-electron chi connectivity index (χ2n) is 3.36. The van der Waals surface area contributed by atoms with Crippen molar-refractivity contribution in [3.63, 3.8) is 0 Å². The molecule has 0 saturated carbocycles. The van der Waals surface area contributed by atoms with Crippen LogP contribution in [0.15, 0.2) is 30.3 Å². The van der Waals surface area contributed by atoms with Crippen molar-refractivity contribution < 1.29 is 0 Å². The average Bonchev–Trinajstić information content (AvgIpc) is 2.18. The summed E-state index contributed by atoms with van der Waals surface area (Å²) in [4.78, 5) is 2.26. The van der Waals surface area contributed by atoms with Crippen molar-refractivity contribution in [2.75, 3.05) is 20.1 Å². The lowest BCUT2D eigenvalue weighted by Crippen LogP contribution is -2.28. The first kappa shape index (κ1) is 10.2. The summed E-state index contributed by atoms with van der Waals surface area (Å²) in [7, 11) is 2.10. The minimum atomic E-state index is 0.449. The zero-order valence-corrected chi connectivity index (χ0v) is 8.40. The maximum Gasteiger partial charge on any atom is 0.0317 e. The minimum absolute atomic E-state index is 0.449. The maximum atomic E-state index is 5.50. The Kier molecular flexibility index (Phi) is 3.93. The van der Waals surface area contributed by atoms with Crippen LogP contribution in [-0.2, 0) is 0 Å². The molecule has 0 aromatic heterocycles. The molecule has 0 bridgehead atoms. The van der Waals surface area contributed by atoms with E-state index in [0.717, 1.165) is 6.54 Å². The van der Waals surface area contributed by atoms with Crippen LogP contribution in [0, 0.1) is 0 Å². The fourth-order valence-electron chi connectivity index (χ4n) is 1.38. The molecule has 0 aliphatic rings. The molecule has 0 heterocycles. The lowest BCUT2D eigenvalue weighted by Gasteiger charge is -2.24. The summed E-state index contributed by atoms with van der Waals surface area (Å²) < 4.78 is 0. The van der Waals surface area contributed by atoms with Crippen molar-refractivity contribution in [1.29, 1.82) is 0 Å². The molecule has 1 aromatic carbocycles. The van der Waals surface area contributed by atoms with Crippen LogP contribution in [0.1, 0.15) is 18.5 Å². The molecule has 0 fully saturated rings. The van der Waals surface area contributed by atoms with Crippen molar-refractivity contribution in [3.8, 4) is 0 Å². The fraction of sp³-hybridized carbons (Fsp3) is 0.455. The van der Waals surface area contributed by atoms with Gasteiger partial charge in [-0.2, -0.15) is 0 Å². The smallest absolute Gasteiger partial charge is 0.0317 e. The molecule has 0 aliphatic heterocycles. The summed E-state index contributed by atoms with van der Waals surface area (Å²) in [5.41, 5.74) is 6.85. The molecule has 1 rings (SSSR count). The molecule has 0 saturated heterocycles. The molecule has 0 spiro atoms. The van der Waals surface area contributed by atoms with Crippen LogP contribution in [-0.4, -0.2) is 25.0 Å². The van der Waals surface area contributed by atoms with E-state index in [-0.39, 0.29) is 0 Å². The van der Waals surface area contributed by atoms with Crippen LogP contribution in [0.2, 0.25) is 0 Å². The van der Waals surface area contributed by atoms with Crippen LogP contribution in [0.4, 0.5) is 0 Å². The maximum absolute atomic E-state index is 5.50. The summed E-state index contributed by atoms with van der Waals surface area (Å²) in [6.45, 7) is 3.86. The number of nitrogens with two attached hydrogens (primary N) is 1. The monoisotopic (exact) mass is 178 g/mol. The van der Waals surface area contributed by atoms with E-state index in [2.05, 4.69) is 43.1 Å². The van der Waals surface area contributed by atoms with E-state index in [0.29, 0.717) is 12.6 Å². The van der Waals surface area contributed by atoms with Gasteiger partial charge >= 0.3 is 0 Å². The normalized spacial score (nSPS) is 13.2. The number of hydrogen-bond acceptors (Lipinski definition) is 2. The van der Waals surface area contributed by atoms with Crippen LogP contribution in [0.3, 0.4) is 0 Å². The van der Waals surface area contributed by atoms with E-state index in [4.69, 9.17) is 5.73 Å². The van der Waals surface area contributed by atoms with Gasteiger partial charge in [-0.15, -0.1) is 0 Å². The first-order valence-corrected chi connectivity index (χ1v) is 4.71. The third-order valence-electron chi connectivity index (χ3n) is 2.42. The third-order valence-corrected chi connectivity index (χ3v) is 2.42. The van der Waals surface area contributed by atoms with Crippen molar-refractivity contribution in [2.24, 2.45) is 5.73 Å². The van der Waals surface area contributed by atoms with Gasteiger partial charge in [0, 0.05) is 19.1 Å². The summed E-state index contributed by atoms with van der Waals surface area (Å²) in [5.74, 6) is 0. The Hall–Kier alpha value is -0.860. The van der Waals surface area contributed by atoms with E-state index in [1.165, 1.54) is 5.56 Å². The van der Waals surface area contributed by atoms with E-state index >= 15 is 0 Å². The first-order chi connectivity index (χ1) is 6.25. The van der Waals surface area contributed by atoms with E-state index in [9.17, 15) is 0 Å². The van der Waals surface area contributed by atoms with Crippen molar-refractivity contribution in [1.82, 2.24) is 4.90 Å². The first-order valence-electron chi connectivity index (χ1n) is 4.71. The minimum Gasteiger partial charge on any atom is -0.329 e. The molecule has 2 nitrogen and oxygen atoms in total. The van der Waals surface area contributed by atoms with Crippen LogP contribution < -0.4 is 5.73 Å². The quantitative estimate of drug-likeness (QED) is 0.759. The van der Waals surface area contributed by atoms with E-state index in [1.807, 2.05) is 6.07 Å². The Bertz CT molecular complexity index is 233. The van der Waals surface area contributed by atoms with Gasteiger partial charge in [0.15, 0.2) is 0 Å². The highest BCUT2D eigenvalue weighted by Gasteiger charge is 2.09. The molecule has 1 atom stereocenters. The number of nitrogens with zero attached hydrogens (tertiary/aromatic N) is 1. The molecule has 0 radical (unpaired) electrons. The average molecular weight is 178 g/mol. The van der Waals surface area contributed by atoms with Crippen LogP contribution in [0.25, 0.3) is 0 Å². The Morgan fingerprint density at radius 2 is 1.92 bits per heavy atom. The lowest BCUT2D eigenvalue weighted by atomic mass is 10.1. The molecule has 1 aromatic rings. The molecular weight excluding hydrogens is 160 g/mol. The van der Waals surface area contributed by atoms with E-state index in [1.54, 1.807) is 0 Å². The topological polar surface area (TPSA) is 29.3 Å². The van der Waals surface area contributed by atoms with Gasteiger partial charge in [-0.05, 0) is 19.5 Å². The second kappa shape index (κ2) is 5.00. The highest BCUT2D eigenvalue weighted by molar-refractivity contribution is 5.18. The Morgan fingerprint density at radius 1 is 1.31 bits per heavy atom. The van der Waals surface area contributed by atoms with Gasteiger partial charge < -0.3 is 5.73 Å². The highest BCUT2D eigenvalue weighted by Crippen LogP contribution is 2.16.